The first-order valence-corrected chi connectivity index (χ1v) is 10.9. The van der Waals surface area contributed by atoms with E-state index in [4.69, 9.17) is 4.42 Å². The van der Waals surface area contributed by atoms with Gasteiger partial charge in [-0.2, -0.15) is 4.98 Å². The number of rotatable bonds is 5. The Balaban J connectivity index is 1.47. The predicted octanol–water partition coefficient (Wildman–Crippen LogP) is 5.56. The molecule has 2 aromatic carbocycles. The van der Waals surface area contributed by atoms with Gasteiger partial charge in [0.2, 0.25) is 11.8 Å². The van der Waals surface area contributed by atoms with Crippen molar-refractivity contribution in [2.24, 2.45) is 0 Å². The lowest BCUT2D eigenvalue weighted by Crippen LogP contribution is -2.38. The molecule has 1 fully saturated rings. The van der Waals surface area contributed by atoms with Crippen molar-refractivity contribution in [1.82, 2.24) is 9.97 Å². The molecular weight excluding hydrogens is 420 g/mol. The molecule has 2 aromatic heterocycles. The summed E-state index contributed by atoms with van der Waals surface area (Å²) in [4.78, 5) is 32.9. The number of non-ortho nitro benzene ring substituents is 1. The van der Waals surface area contributed by atoms with Crippen LogP contribution in [0, 0.1) is 17.0 Å². The minimum atomic E-state index is -0.709. The fourth-order valence-electron chi connectivity index (χ4n) is 4.66. The van der Waals surface area contributed by atoms with Gasteiger partial charge in [0.05, 0.1) is 10.3 Å². The summed E-state index contributed by atoms with van der Waals surface area (Å²) in [5, 5.41) is 14.2. The topological polar surface area (TPSA) is 111 Å². The number of nitro benzene ring substituents is 1. The summed E-state index contributed by atoms with van der Waals surface area (Å²) < 4.78 is 5.87. The molecule has 4 aromatic rings. The molecule has 8 heteroatoms. The molecular formula is C25H22N4O4. The quantitative estimate of drug-likeness (QED) is 0.320. The van der Waals surface area contributed by atoms with E-state index < -0.39 is 10.3 Å². The summed E-state index contributed by atoms with van der Waals surface area (Å²) >= 11 is 0. The Hall–Kier alpha value is -4.07. The normalized spacial score (nSPS) is 14.9. The molecule has 33 heavy (non-hydrogen) atoms. The zero-order valence-corrected chi connectivity index (χ0v) is 18.1. The van der Waals surface area contributed by atoms with Crippen LogP contribution in [-0.2, 0) is 10.2 Å². The summed E-state index contributed by atoms with van der Waals surface area (Å²) in [7, 11) is 0. The van der Waals surface area contributed by atoms with Crippen LogP contribution in [0.2, 0.25) is 0 Å². The number of carbonyl (C=O) groups excluding carboxylic acids is 1. The predicted molar refractivity (Wildman–Crippen MR) is 124 cm³/mol. The number of oxazole rings is 1. The Labute approximate surface area is 189 Å². The van der Waals surface area contributed by atoms with Gasteiger partial charge in [0.25, 0.3) is 5.69 Å². The zero-order valence-electron chi connectivity index (χ0n) is 18.1. The first-order valence-electron chi connectivity index (χ1n) is 10.9. The lowest BCUT2D eigenvalue weighted by molar-refractivity contribution is -0.384. The number of pyridine rings is 1. The van der Waals surface area contributed by atoms with Crippen LogP contribution >= 0.6 is 0 Å². The van der Waals surface area contributed by atoms with Gasteiger partial charge in [-0.05, 0) is 55.2 Å². The number of nitrogens with one attached hydrogen (secondary N) is 1. The highest BCUT2D eigenvalue weighted by atomic mass is 16.6. The maximum Gasteiger partial charge on any atom is 0.269 e. The Morgan fingerprint density at radius 3 is 2.55 bits per heavy atom. The highest BCUT2D eigenvalue weighted by Crippen LogP contribution is 2.43. The van der Waals surface area contributed by atoms with E-state index in [0.717, 1.165) is 29.5 Å². The van der Waals surface area contributed by atoms with Crippen LogP contribution in [0.15, 0.2) is 65.2 Å². The third-order valence-electron chi connectivity index (χ3n) is 6.50. The SMILES string of the molecule is Cc1c(NC(=O)C2(c3ccc([N+](=O)[O-])cc3)CCCC2)cccc1-c1nc2ncccc2o1. The minimum Gasteiger partial charge on any atom is -0.434 e. The number of nitrogens with zero attached hydrogens (tertiary/aromatic N) is 3. The van der Waals surface area contributed by atoms with Gasteiger partial charge < -0.3 is 9.73 Å². The fraction of sp³-hybridized carbons (Fsp3) is 0.240. The molecule has 0 bridgehead atoms. The fourth-order valence-corrected chi connectivity index (χ4v) is 4.66. The maximum absolute atomic E-state index is 13.6. The van der Waals surface area contributed by atoms with Crippen molar-refractivity contribution in [2.75, 3.05) is 5.32 Å². The molecule has 0 unspecified atom stereocenters. The van der Waals surface area contributed by atoms with E-state index in [9.17, 15) is 14.9 Å². The van der Waals surface area contributed by atoms with Gasteiger partial charge in [-0.15, -0.1) is 0 Å². The molecule has 0 radical (unpaired) electrons. The maximum atomic E-state index is 13.6. The van der Waals surface area contributed by atoms with E-state index >= 15 is 0 Å². The van der Waals surface area contributed by atoms with E-state index in [1.54, 1.807) is 24.4 Å². The highest BCUT2D eigenvalue weighted by molar-refractivity contribution is 6.00. The smallest absolute Gasteiger partial charge is 0.269 e. The van der Waals surface area contributed by atoms with Crippen molar-refractivity contribution in [2.45, 2.75) is 38.0 Å². The van der Waals surface area contributed by atoms with Gasteiger partial charge in [0.1, 0.15) is 0 Å². The van der Waals surface area contributed by atoms with Crippen molar-refractivity contribution >= 4 is 28.5 Å². The number of aromatic nitrogens is 2. The van der Waals surface area contributed by atoms with Crippen molar-refractivity contribution in [1.29, 1.82) is 0 Å². The molecule has 1 amide bonds. The van der Waals surface area contributed by atoms with Gasteiger partial charge in [-0.3, -0.25) is 14.9 Å². The third-order valence-corrected chi connectivity index (χ3v) is 6.50. The molecule has 1 saturated carbocycles. The number of carbonyl (C=O) groups is 1. The average molecular weight is 442 g/mol. The third kappa shape index (κ3) is 3.63. The van der Waals surface area contributed by atoms with Crippen molar-refractivity contribution in [3.05, 3.63) is 82.0 Å². The molecule has 1 aliphatic rings. The molecule has 0 saturated heterocycles. The molecule has 0 atom stereocenters. The van der Waals surface area contributed by atoms with Crippen molar-refractivity contribution < 1.29 is 14.1 Å². The Kier molecular flexibility index (Phi) is 5.12. The van der Waals surface area contributed by atoms with Crippen molar-refractivity contribution in [3.63, 3.8) is 0 Å². The molecule has 0 aliphatic heterocycles. The van der Waals surface area contributed by atoms with Crippen LogP contribution in [-0.4, -0.2) is 20.8 Å². The van der Waals surface area contributed by atoms with E-state index in [0.29, 0.717) is 35.6 Å². The minimum absolute atomic E-state index is 0.0173. The van der Waals surface area contributed by atoms with Gasteiger partial charge in [0.15, 0.2) is 11.2 Å². The number of amides is 1. The first-order chi connectivity index (χ1) is 16.0. The van der Waals surface area contributed by atoms with Crippen LogP contribution < -0.4 is 5.32 Å². The van der Waals surface area contributed by atoms with E-state index in [1.807, 2.05) is 31.2 Å². The van der Waals surface area contributed by atoms with Crippen LogP contribution in [0.1, 0.15) is 36.8 Å². The van der Waals surface area contributed by atoms with E-state index in [-0.39, 0.29) is 11.6 Å². The van der Waals surface area contributed by atoms with Crippen LogP contribution in [0.3, 0.4) is 0 Å². The summed E-state index contributed by atoms with van der Waals surface area (Å²) in [5.74, 6) is 0.344. The number of hydrogen-bond acceptors (Lipinski definition) is 6. The second-order valence-corrected chi connectivity index (χ2v) is 8.37. The molecule has 8 nitrogen and oxygen atoms in total. The monoisotopic (exact) mass is 442 g/mol. The number of hydrogen-bond donors (Lipinski definition) is 1. The summed E-state index contributed by atoms with van der Waals surface area (Å²) in [5.41, 5.74) is 3.55. The molecule has 0 spiro atoms. The highest BCUT2D eigenvalue weighted by Gasteiger charge is 2.43. The van der Waals surface area contributed by atoms with Gasteiger partial charge in [-0.25, -0.2) is 4.98 Å². The summed E-state index contributed by atoms with van der Waals surface area (Å²) in [6, 6.07) is 15.6. The van der Waals surface area contributed by atoms with Gasteiger partial charge in [0, 0.05) is 29.6 Å². The number of nitro groups is 1. The Morgan fingerprint density at radius 1 is 1.09 bits per heavy atom. The Morgan fingerprint density at radius 2 is 1.85 bits per heavy atom. The van der Waals surface area contributed by atoms with Crippen LogP contribution in [0.4, 0.5) is 11.4 Å². The lowest BCUT2D eigenvalue weighted by Gasteiger charge is -2.28. The molecule has 166 valence electrons. The van der Waals surface area contributed by atoms with E-state index in [1.165, 1.54) is 12.1 Å². The first kappa shape index (κ1) is 20.8. The zero-order chi connectivity index (χ0) is 23.0. The van der Waals surface area contributed by atoms with Crippen LogP contribution in [0.25, 0.3) is 22.7 Å². The largest absolute Gasteiger partial charge is 0.434 e. The second kappa shape index (κ2) is 8.12. The lowest BCUT2D eigenvalue weighted by atomic mass is 9.77. The number of fused-ring (bicyclic) bond motifs is 1. The Bertz CT molecular complexity index is 1320. The molecule has 5 rings (SSSR count). The molecule has 2 heterocycles. The van der Waals surface area contributed by atoms with Gasteiger partial charge >= 0.3 is 0 Å². The second-order valence-electron chi connectivity index (χ2n) is 8.37. The number of anilines is 1. The van der Waals surface area contributed by atoms with Crippen LogP contribution in [0.5, 0.6) is 0 Å². The van der Waals surface area contributed by atoms with Crippen molar-refractivity contribution in [3.8, 4) is 11.5 Å². The average Bonchev–Trinajstić information content (AvgIpc) is 3.48. The van der Waals surface area contributed by atoms with Gasteiger partial charge in [-0.1, -0.05) is 31.0 Å². The molecule has 1 aliphatic carbocycles. The molecule has 1 N–H and O–H groups in total. The van der Waals surface area contributed by atoms with E-state index in [2.05, 4.69) is 15.3 Å². The summed E-state index contributed by atoms with van der Waals surface area (Å²) in [6.07, 6.45) is 4.93. The standard InChI is InChI=1S/C25H22N4O4/c1-16-19(23-28-22-21(33-23)8-5-15-26-22)6-4-7-20(16)27-24(30)25(13-2-3-14-25)17-9-11-18(12-10-17)29(31)32/h4-12,15H,2-3,13-14H2,1H3,(H,27,30). The number of benzene rings is 2. The summed E-state index contributed by atoms with van der Waals surface area (Å²) in [6.45, 7) is 1.92.